The molecule has 0 atom stereocenters. The van der Waals surface area contributed by atoms with Gasteiger partial charge in [0.05, 0.1) is 28.7 Å². The van der Waals surface area contributed by atoms with Gasteiger partial charge in [-0.2, -0.15) is 0 Å². The van der Waals surface area contributed by atoms with Crippen molar-refractivity contribution in [3.05, 3.63) is 115 Å². The Balaban J connectivity index is 1.62. The Bertz CT molecular complexity index is 1740. The molecule has 0 aliphatic heterocycles. The Hall–Kier alpha value is -4.70. The standard InChI is InChI=1S/C30H19N3O/c1-3-9-20(10-4-1)25-19-26(21-11-5-2-6-12-21)32-30(31-25)33-27-14-8-7-13-22(27)23-15-16-28-24(29(23)33)17-18-34-28/h1-19H. The molecule has 0 unspecified atom stereocenters. The van der Waals surface area contributed by atoms with E-state index in [9.17, 15) is 0 Å². The minimum Gasteiger partial charge on any atom is -0.464 e. The molecule has 7 rings (SSSR count). The van der Waals surface area contributed by atoms with Crippen LogP contribution >= 0.6 is 0 Å². The zero-order chi connectivity index (χ0) is 22.5. The number of aromatic nitrogens is 3. The second-order valence-electron chi connectivity index (χ2n) is 8.32. The van der Waals surface area contributed by atoms with E-state index in [-0.39, 0.29) is 0 Å². The molecule has 0 N–H and O–H groups in total. The number of hydrogen-bond donors (Lipinski definition) is 0. The first-order valence-corrected chi connectivity index (χ1v) is 11.3. The molecule has 7 aromatic rings. The van der Waals surface area contributed by atoms with E-state index in [0.717, 1.165) is 55.3 Å². The van der Waals surface area contributed by atoms with Gasteiger partial charge in [-0.05, 0) is 30.3 Å². The molecule has 4 heteroatoms. The molecule has 0 amide bonds. The molecule has 34 heavy (non-hydrogen) atoms. The van der Waals surface area contributed by atoms with E-state index in [2.05, 4.69) is 65.2 Å². The molecule has 0 radical (unpaired) electrons. The van der Waals surface area contributed by atoms with Gasteiger partial charge in [0, 0.05) is 27.3 Å². The molecular weight excluding hydrogens is 418 g/mol. The van der Waals surface area contributed by atoms with Gasteiger partial charge in [0.2, 0.25) is 5.95 Å². The number of benzene rings is 4. The van der Waals surface area contributed by atoms with Gasteiger partial charge >= 0.3 is 0 Å². The number of hydrogen-bond acceptors (Lipinski definition) is 3. The highest BCUT2D eigenvalue weighted by Gasteiger charge is 2.19. The topological polar surface area (TPSA) is 43.9 Å². The molecule has 0 aliphatic rings. The van der Waals surface area contributed by atoms with Crippen LogP contribution in [0, 0.1) is 0 Å². The van der Waals surface area contributed by atoms with Crippen molar-refractivity contribution in [2.45, 2.75) is 0 Å². The predicted molar refractivity (Wildman–Crippen MR) is 137 cm³/mol. The third kappa shape index (κ3) is 2.86. The van der Waals surface area contributed by atoms with Crippen LogP contribution in [0.25, 0.3) is 61.2 Å². The molecule has 0 spiro atoms. The number of para-hydroxylation sites is 1. The fourth-order valence-corrected chi connectivity index (χ4v) is 4.76. The van der Waals surface area contributed by atoms with Crippen LogP contribution in [-0.2, 0) is 0 Å². The number of fused-ring (bicyclic) bond motifs is 5. The van der Waals surface area contributed by atoms with Crippen molar-refractivity contribution in [2.24, 2.45) is 0 Å². The maximum absolute atomic E-state index is 5.74. The molecule has 0 fully saturated rings. The number of rotatable bonds is 3. The van der Waals surface area contributed by atoms with Crippen molar-refractivity contribution in [1.29, 1.82) is 0 Å². The summed E-state index contributed by atoms with van der Waals surface area (Å²) >= 11 is 0. The van der Waals surface area contributed by atoms with E-state index in [0.29, 0.717) is 5.95 Å². The summed E-state index contributed by atoms with van der Waals surface area (Å²) < 4.78 is 7.91. The molecule has 0 bridgehead atoms. The first-order chi connectivity index (χ1) is 16.9. The maximum Gasteiger partial charge on any atom is 0.235 e. The second kappa shape index (κ2) is 7.42. The number of furan rings is 1. The summed E-state index contributed by atoms with van der Waals surface area (Å²) in [5.41, 5.74) is 6.84. The van der Waals surface area contributed by atoms with Gasteiger partial charge in [0.1, 0.15) is 5.58 Å². The lowest BCUT2D eigenvalue weighted by molar-refractivity contribution is 0.616. The summed E-state index contributed by atoms with van der Waals surface area (Å²) in [5.74, 6) is 0.639. The SMILES string of the molecule is c1ccc(-c2cc(-c3ccccc3)nc(-n3c4ccccc4c4ccc5occc5c43)n2)cc1. The van der Waals surface area contributed by atoms with E-state index in [1.165, 1.54) is 0 Å². The lowest BCUT2D eigenvalue weighted by Crippen LogP contribution is -2.04. The zero-order valence-electron chi connectivity index (χ0n) is 18.2. The summed E-state index contributed by atoms with van der Waals surface area (Å²) in [6.45, 7) is 0. The molecule has 3 aromatic heterocycles. The fourth-order valence-electron chi connectivity index (χ4n) is 4.76. The highest BCUT2D eigenvalue weighted by molar-refractivity contribution is 6.17. The van der Waals surface area contributed by atoms with Gasteiger partial charge < -0.3 is 4.42 Å². The molecule has 0 saturated carbocycles. The molecule has 4 aromatic carbocycles. The van der Waals surface area contributed by atoms with Gasteiger partial charge in [-0.3, -0.25) is 4.57 Å². The van der Waals surface area contributed by atoms with Gasteiger partial charge in [0.15, 0.2) is 0 Å². The van der Waals surface area contributed by atoms with Crippen LogP contribution in [0.4, 0.5) is 0 Å². The monoisotopic (exact) mass is 437 g/mol. The van der Waals surface area contributed by atoms with Crippen LogP contribution in [0.3, 0.4) is 0 Å². The Kier molecular flexibility index (Phi) is 4.11. The van der Waals surface area contributed by atoms with Crippen LogP contribution < -0.4 is 0 Å². The lowest BCUT2D eigenvalue weighted by Gasteiger charge is -2.12. The summed E-state index contributed by atoms with van der Waals surface area (Å²) in [6, 6.07) is 37.2. The Labute approximate surface area is 195 Å². The molecular formula is C30H19N3O. The lowest BCUT2D eigenvalue weighted by atomic mass is 10.1. The average molecular weight is 438 g/mol. The molecule has 0 aliphatic carbocycles. The predicted octanol–water partition coefficient (Wildman–Crippen LogP) is 7.65. The van der Waals surface area contributed by atoms with Crippen molar-refractivity contribution in [3.8, 4) is 28.5 Å². The van der Waals surface area contributed by atoms with E-state index < -0.39 is 0 Å². The first kappa shape index (κ1) is 18.8. The quantitative estimate of drug-likeness (QED) is 0.285. The normalized spacial score (nSPS) is 11.5. The first-order valence-electron chi connectivity index (χ1n) is 11.3. The van der Waals surface area contributed by atoms with Crippen LogP contribution in [0.15, 0.2) is 120 Å². The third-order valence-electron chi connectivity index (χ3n) is 6.32. The van der Waals surface area contributed by atoms with Gasteiger partial charge in [-0.1, -0.05) is 78.9 Å². The van der Waals surface area contributed by atoms with E-state index in [4.69, 9.17) is 14.4 Å². The van der Waals surface area contributed by atoms with Crippen LogP contribution in [0.5, 0.6) is 0 Å². The molecule has 3 heterocycles. The Morgan fingerprint density at radius 2 is 1.21 bits per heavy atom. The smallest absolute Gasteiger partial charge is 0.235 e. The summed E-state index contributed by atoms with van der Waals surface area (Å²) in [6.07, 6.45) is 1.74. The van der Waals surface area contributed by atoms with E-state index in [1.54, 1.807) is 6.26 Å². The van der Waals surface area contributed by atoms with Crippen molar-refractivity contribution in [3.63, 3.8) is 0 Å². The van der Waals surface area contributed by atoms with Gasteiger partial charge in [-0.15, -0.1) is 0 Å². The minimum absolute atomic E-state index is 0.639. The van der Waals surface area contributed by atoms with Crippen molar-refractivity contribution in [1.82, 2.24) is 14.5 Å². The van der Waals surface area contributed by atoms with Crippen molar-refractivity contribution in [2.75, 3.05) is 0 Å². The van der Waals surface area contributed by atoms with Crippen LogP contribution in [0.2, 0.25) is 0 Å². The average Bonchev–Trinajstić information content (AvgIpc) is 3.52. The zero-order valence-corrected chi connectivity index (χ0v) is 18.2. The van der Waals surface area contributed by atoms with Gasteiger partial charge in [0.25, 0.3) is 0 Å². The molecule has 0 saturated heterocycles. The van der Waals surface area contributed by atoms with Crippen LogP contribution in [-0.4, -0.2) is 14.5 Å². The maximum atomic E-state index is 5.74. The van der Waals surface area contributed by atoms with E-state index in [1.807, 2.05) is 48.5 Å². The summed E-state index contributed by atoms with van der Waals surface area (Å²) in [4.78, 5) is 10.2. The molecule has 160 valence electrons. The highest BCUT2D eigenvalue weighted by Crippen LogP contribution is 2.37. The minimum atomic E-state index is 0.639. The highest BCUT2D eigenvalue weighted by atomic mass is 16.3. The third-order valence-corrected chi connectivity index (χ3v) is 6.32. The summed E-state index contributed by atoms with van der Waals surface area (Å²) in [5, 5.41) is 3.36. The second-order valence-corrected chi connectivity index (χ2v) is 8.32. The molecule has 4 nitrogen and oxygen atoms in total. The van der Waals surface area contributed by atoms with Crippen molar-refractivity contribution < 1.29 is 4.42 Å². The largest absolute Gasteiger partial charge is 0.464 e. The Morgan fingerprint density at radius 3 is 1.91 bits per heavy atom. The van der Waals surface area contributed by atoms with Crippen molar-refractivity contribution >= 4 is 32.8 Å². The van der Waals surface area contributed by atoms with Crippen LogP contribution in [0.1, 0.15) is 0 Å². The summed E-state index contributed by atoms with van der Waals surface area (Å²) in [7, 11) is 0. The number of nitrogens with zero attached hydrogens (tertiary/aromatic N) is 3. The van der Waals surface area contributed by atoms with Gasteiger partial charge in [-0.25, -0.2) is 9.97 Å². The van der Waals surface area contributed by atoms with E-state index >= 15 is 0 Å². The Morgan fingerprint density at radius 1 is 0.559 bits per heavy atom. The fraction of sp³-hybridized carbons (Fsp3) is 0.